The van der Waals surface area contributed by atoms with Gasteiger partial charge in [0.15, 0.2) is 11.4 Å². The number of allylic oxidation sites excluding steroid dienone is 2. The second-order valence-electron chi connectivity index (χ2n) is 10.0. The van der Waals surface area contributed by atoms with Crippen LogP contribution in [0.25, 0.3) is 0 Å². The van der Waals surface area contributed by atoms with E-state index in [1.807, 2.05) is 6.92 Å². The van der Waals surface area contributed by atoms with Gasteiger partial charge >= 0.3 is 5.97 Å². The van der Waals surface area contributed by atoms with Gasteiger partial charge in [-0.2, -0.15) is 0 Å². The Morgan fingerprint density at radius 1 is 1.32 bits per heavy atom. The lowest BCUT2D eigenvalue weighted by Gasteiger charge is -2.60. The minimum atomic E-state index is -1.85. The SMILES string of the molecule is C[C@@H]1CC2[C@@H]3CCC4=CC(=O)/C(=C\O)C[C@]4(C)C3[C@@H](O)C[C@]2(C)[C@@]1(O)C(=O)O. The van der Waals surface area contributed by atoms with Gasteiger partial charge in [-0.15, -0.1) is 0 Å². The van der Waals surface area contributed by atoms with Crippen molar-refractivity contribution in [1.29, 1.82) is 0 Å². The summed E-state index contributed by atoms with van der Waals surface area (Å²) in [4.78, 5) is 24.3. The number of ketones is 1. The molecule has 6 nitrogen and oxygen atoms in total. The van der Waals surface area contributed by atoms with Crippen molar-refractivity contribution in [2.75, 3.05) is 0 Å². The third-order valence-electron chi connectivity index (χ3n) is 8.91. The maximum absolute atomic E-state index is 12.2. The molecule has 0 bridgehead atoms. The summed E-state index contributed by atoms with van der Waals surface area (Å²) in [5.74, 6) is -1.83. The predicted octanol–water partition coefficient (Wildman–Crippen LogP) is 2.60. The van der Waals surface area contributed by atoms with Crippen LogP contribution in [0.3, 0.4) is 0 Å². The summed E-state index contributed by atoms with van der Waals surface area (Å²) in [5, 5.41) is 41.8. The molecule has 3 saturated carbocycles. The standard InChI is InChI=1S/C22H30O6/c1-11-6-15-14-5-4-13-7-16(24)12(10-23)8-20(13,2)18(14)17(25)9-21(15,3)22(11,28)19(26)27/h7,10-11,14-15,17-18,23,25,28H,4-6,8-9H2,1-3H3,(H,26,27)/b12-10-/t11-,14+,15?,17+,18?,20+,21+,22+/m1/s1. The largest absolute Gasteiger partial charge is 0.515 e. The first kappa shape index (κ1) is 19.6. The van der Waals surface area contributed by atoms with Gasteiger partial charge in [0.2, 0.25) is 0 Å². The van der Waals surface area contributed by atoms with Gasteiger partial charge in [-0.25, -0.2) is 4.79 Å². The number of carbonyl (C=O) groups is 2. The fourth-order valence-corrected chi connectivity index (χ4v) is 7.57. The molecule has 0 aliphatic heterocycles. The van der Waals surface area contributed by atoms with Crippen LogP contribution in [0, 0.1) is 34.5 Å². The van der Waals surface area contributed by atoms with E-state index in [0.717, 1.165) is 24.7 Å². The molecular weight excluding hydrogens is 360 g/mol. The molecule has 0 aromatic rings. The highest BCUT2D eigenvalue weighted by atomic mass is 16.4. The zero-order valence-corrected chi connectivity index (χ0v) is 16.7. The van der Waals surface area contributed by atoms with Gasteiger partial charge in [0.05, 0.1) is 12.4 Å². The van der Waals surface area contributed by atoms with E-state index in [9.17, 15) is 30.0 Å². The number of carboxylic acids is 1. The number of carboxylic acid groups (broad SMARTS) is 1. The van der Waals surface area contributed by atoms with Gasteiger partial charge in [0.1, 0.15) is 0 Å². The number of hydrogen-bond acceptors (Lipinski definition) is 5. The van der Waals surface area contributed by atoms with Crippen LogP contribution in [0.15, 0.2) is 23.5 Å². The Hall–Kier alpha value is -1.66. The van der Waals surface area contributed by atoms with Crippen molar-refractivity contribution in [3.8, 4) is 0 Å². The molecule has 0 saturated heterocycles. The molecule has 4 aliphatic rings. The highest BCUT2D eigenvalue weighted by Gasteiger charge is 2.71. The Bertz CT molecular complexity index is 799. The minimum Gasteiger partial charge on any atom is -0.515 e. The van der Waals surface area contributed by atoms with Crippen molar-refractivity contribution in [2.24, 2.45) is 34.5 Å². The summed E-state index contributed by atoms with van der Waals surface area (Å²) < 4.78 is 0. The van der Waals surface area contributed by atoms with Crippen LogP contribution in [0.1, 0.15) is 52.9 Å². The first-order valence-corrected chi connectivity index (χ1v) is 10.2. The zero-order valence-electron chi connectivity index (χ0n) is 16.7. The molecule has 0 aromatic carbocycles. The summed E-state index contributed by atoms with van der Waals surface area (Å²) in [6.45, 7) is 5.67. The molecule has 0 radical (unpaired) electrons. The van der Waals surface area contributed by atoms with E-state index in [1.54, 1.807) is 13.0 Å². The molecule has 28 heavy (non-hydrogen) atoms. The Balaban J connectivity index is 1.79. The van der Waals surface area contributed by atoms with Crippen LogP contribution in [0.2, 0.25) is 0 Å². The molecule has 0 aromatic heterocycles. The van der Waals surface area contributed by atoms with Crippen LogP contribution < -0.4 is 0 Å². The molecule has 8 atom stereocenters. The van der Waals surface area contributed by atoms with Crippen molar-refractivity contribution in [2.45, 2.75) is 64.6 Å². The van der Waals surface area contributed by atoms with Crippen molar-refractivity contribution >= 4 is 11.8 Å². The maximum Gasteiger partial charge on any atom is 0.336 e. The summed E-state index contributed by atoms with van der Waals surface area (Å²) >= 11 is 0. The van der Waals surface area contributed by atoms with E-state index >= 15 is 0 Å². The van der Waals surface area contributed by atoms with Crippen LogP contribution in [0.4, 0.5) is 0 Å². The van der Waals surface area contributed by atoms with E-state index in [1.165, 1.54) is 0 Å². The summed E-state index contributed by atoms with van der Waals surface area (Å²) in [7, 11) is 0. The number of aliphatic hydroxyl groups is 3. The highest BCUT2D eigenvalue weighted by Crippen LogP contribution is 2.68. The molecular formula is C22H30O6. The molecule has 6 heteroatoms. The molecule has 4 N–H and O–H groups in total. The number of hydrogen-bond donors (Lipinski definition) is 4. The number of aliphatic hydroxyl groups excluding tert-OH is 2. The fraction of sp³-hybridized carbons (Fsp3) is 0.727. The van der Waals surface area contributed by atoms with Crippen LogP contribution in [-0.4, -0.2) is 43.9 Å². The normalized spacial score (nSPS) is 51.9. The minimum absolute atomic E-state index is 0.00504. The van der Waals surface area contributed by atoms with E-state index < -0.39 is 34.4 Å². The quantitative estimate of drug-likeness (QED) is 0.404. The predicted molar refractivity (Wildman–Crippen MR) is 101 cm³/mol. The van der Waals surface area contributed by atoms with E-state index in [0.29, 0.717) is 18.4 Å². The Morgan fingerprint density at radius 3 is 2.61 bits per heavy atom. The number of fused-ring (bicyclic) bond motifs is 5. The molecule has 154 valence electrons. The van der Waals surface area contributed by atoms with Crippen LogP contribution in [0.5, 0.6) is 0 Å². The monoisotopic (exact) mass is 390 g/mol. The van der Waals surface area contributed by atoms with Gasteiger partial charge < -0.3 is 20.4 Å². The van der Waals surface area contributed by atoms with Gasteiger partial charge in [0.25, 0.3) is 0 Å². The zero-order chi connectivity index (χ0) is 20.6. The Labute approximate surface area is 165 Å². The number of carbonyl (C=O) groups excluding carboxylic acids is 1. The van der Waals surface area contributed by atoms with Crippen LogP contribution >= 0.6 is 0 Å². The molecule has 0 amide bonds. The topological polar surface area (TPSA) is 115 Å². The van der Waals surface area contributed by atoms with Crippen LogP contribution in [-0.2, 0) is 9.59 Å². The second-order valence-corrected chi connectivity index (χ2v) is 10.0. The Morgan fingerprint density at radius 2 is 2.00 bits per heavy atom. The fourth-order valence-electron chi connectivity index (χ4n) is 7.57. The average Bonchev–Trinajstić information content (AvgIpc) is 2.82. The average molecular weight is 390 g/mol. The number of rotatable bonds is 1. The summed E-state index contributed by atoms with van der Waals surface area (Å²) in [6.07, 6.45) is 4.44. The number of aliphatic carboxylic acids is 1. The molecule has 0 spiro atoms. The third kappa shape index (κ3) is 2.16. The van der Waals surface area contributed by atoms with E-state index in [4.69, 9.17) is 0 Å². The van der Waals surface area contributed by atoms with Gasteiger partial charge in [-0.1, -0.05) is 26.3 Å². The van der Waals surface area contributed by atoms with Gasteiger partial charge in [-0.3, -0.25) is 4.79 Å². The molecule has 4 rings (SSSR count). The van der Waals surface area contributed by atoms with Crippen molar-refractivity contribution in [3.05, 3.63) is 23.5 Å². The lowest BCUT2D eigenvalue weighted by atomic mass is 9.45. The maximum atomic E-state index is 12.2. The van der Waals surface area contributed by atoms with Gasteiger partial charge in [-0.05, 0) is 67.3 Å². The first-order chi connectivity index (χ1) is 13.0. The smallest absolute Gasteiger partial charge is 0.336 e. The van der Waals surface area contributed by atoms with Crippen molar-refractivity contribution in [3.63, 3.8) is 0 Å². The lowest BCUT2D eigenvalue weighted by Crippen LogP contribution is -2.62. The Kier molecular flexibility index (Phi) is 4.16. The molecule has 2 unspecified atom stereocenters. The second kappa shape index (κ2) is 5.92. The molecule has 4 aliphatic carbocycles. The third-order valence-corrected chi connectivity index (χ3v) is 8.91. The van der Waals surface area contributed by atoms with E-state index in [2.05, 4.69) is 6.92 Å². The van der Waals surface area contributed by atoms with Crippen molar-refractivity contribution in [1.82, 2.24) is 0 Å². The summed E-state index contributed by atoms with van der Waals surface area (Å²) in [5.41, 5.74) is -1.81. The lowest BCUT2D eigenvalue weighted by molar-refractivity contribution is -0.199. The van der Waals surface area contributed by atoms with Crippen molar-refractivity contribution < 1.29 is 30.0 Å². The van der Waals surface area contributed by atoms with Gasteiger partial charge in [0, 0.05) is 11.0 Å². The highest BCUT2D eigenvalue weighted by molar-refractivity contribution is 6.05. The van der Waals surface area contributed by atoms with E-state index in [-0.39, 0.29) is 30.0 Å². The summed E-state index contributed by atoms with van der Waals surface area (Å²) in [6, 6.07) is 0. The molecule has 3 fully saturated rings. The first-order valence-electron chi connectivity index (χ1n) is 10.2. The molecule has 0 heterocycles.